The van der Waals surface area contributed by atoms with Gasteiger partial charge in [-0.05, 0) is 23.1 Å². The van der Waals surface area contributed by atoms with E-state index in [9.17, 15) is 4.79 Å². The second-order valence-corrected chi connectivity index (χ2v) is 6.60. The van der Waals surface area contributed by atoms with Crippen molar-refractivity contribution in [3.8, 4) is 11.1 Å². The Balaban J connectivity index is 2.21. The zero-order chi connectivity index (χ0) is 15.7. The molecule has 0 radical (unpaired) electrons. The van der Waals surface area contributed by atoms with Crippen molar-refractivity contribution in [2.45, 2.75) is 19.8 Å². The fraction of sp³-hybridized carbons (Fsp3) is 0.167. The lowest BCUT2D eigenvalue weighted by Gasteiger charge is -2.08. The summed E-state index contributed by atoms with van der Waals surface area (Å²) in [5, 5.41) is 1.09. The minimum Gasteiger partial charge on any atom is -0.289 e. The molecule has 1 heterocycles. The largest absolute Gasteiger partial charge is 0.289 e. The fourth-order valence-electron chi connectivity index (χ4n) is 2.59. The quantitative estimate of drug-likeness (QED) is 0.430. The number of nitrogens with two attached hydrogens (primary N) is 1. The van der Waals surface area contributed by atoms with Gasteiger partial charge in [0, 0.05) is 15.6 Å². The number of amides is 1. The van der Waals surface area contributed by atoms with E-state index in [0.717, 1.165) is 21.2 Å². The molecule has 3 nitrogen and oxygen atoms in total. The summed E-state index contributed by atoms with van der Waals surface area (Å²) in [5.41, 5.74) is 5.54. The van der Waals surface area contributed by atoms with Gasteiger partial charge in [0.05, 0.1) is 0 Å². The van der Waals surface area contributed by atoms with E-state index in [0.29, 0.717) is 10.8 Å². The van der Waals surface area contributed by atoms with Gasteiger partial charge in [-0.3, -0.25) is 10.2 Å². The van der Waals surface area contributed by atoms with Gasteiger partial charge in [-0.1, -0.05) is 56.3 Å². The van der Waals surface area contributed by atoms with Crippen LogP contribution in [0.5, 0.6) is 0 Å². The molecule has 0 atom stereocenters. The molecule has 22 heavy (non-hydrogen) atoms. The van der Waals surface area contributed by atoms with E-state index in [1.807, 2.05) is 24.3 Å². The highest BCUT2D eigenvalue weighted by Crippen LogP contribution is 2.39. The molecule has 1 amide bonds. The molecule has 0 saturated heterocycles. The van der Waals surface area contributed by atoms with Crippen LogP contribution in [0, 0.1) is 0 Å². The number of hydrogen-bond acceptors (Lipinski definition) is 3. The minimum absolute atomic E-state index is 0.246. The Morgan fingerprint density at radius 3 is 2.41 bits per heavy atom. The molecule has 0 bridgehead atoms. The zero-order valence-corrected chi connectivity index (χ0v) is 13.4. The Hall–Kier alpha value is -2.17. The molecule has 0 aliphatic carbocycles. The molecule has 0 saturated carbocycles. The number of rotatable bonds is 3. The van der Waals surface area contributed by atoms with Crippen LogP contribution in [0.15, 0.2) is 48.5 Å². The summed E-state index contributed by atoms with van der Waals surface area (Å²) < 4.78 is 1.09. The first kappa shape index (κ1) is 14.8. The third-order valence-electron chi connectivity index (χ3n) is 3.80. The number of hydrogen-bond donors (Lipinski definition) is 2. The van der Waals surface area contributed by atoms with Crippen molar-refractivity contribution in [3.63, 3.8) is 0 Å². The maximum Gasteiger partial charge on any atom is 0.275 e. The molecule has 0 fully saturated rings. The lowest BCUT2D eigenvalue weighted by atomic mass is 9.97. The highest BCUT2D eigenvalue weighted by atomic mass is 32.1. The molecular formula is C18H18N2OS. The molecule has 3 N–H and O–H groups in total. The first-order valence-electron chi connectivity index (χ1n) is 7.24. The van der Waals surface area contributed by atoms with Crippen molar-refractivity contribution in [1.82, 2.24) is 5.43 Å². The summed E-state index contributed by atoms with van der Waals surface area (Å²) in [6.07, 6.45) is 0. The average Bonchev–Trinajstić information content (AvgIpc) is 2.93. The summed E-state index contributed by atoms with van der Waals surface area (Å²) in [6, 6.07) is 16.4. The Morgan fingerprint density at radius 1 is 1.09 bits per heavy atom. The van der Waals surface area contributed by atoms with Crippen LogP contribution < -0.4 is 11.3 Å². The monoisotopic (exact) mass is 310 g/mol. The van der Waals surface area contributed by atoms with Crippen molar-refractivity contribution in [2.24, 2.45) is 5.84 Å². The van der Waals surface area contributed by atoms with Crippen molar-refractivity contribution in [3.05, 3.63) is 59.0 Å². The molecular weight excluding hydrogens is 292 g/mol. The first-order valence-corrected chi connectivity index (χ1v) is 8.06. The van der Waals surface area contributed by atoms with Crippen LogP contribution in [-0.4, -0.2) is 5.91 Å². The van der Waals surface area contributed by atoms with Gasteiger partial charge in [-0.2, -0.15) is 0 Å². The molecule has 4 heteroatoms. The summed E-state index contributed by atoms with van der Waals surface area (Å²) in [5.74, 6) is 5.58. The first-order chi connectivity index (χ1) is 10.6. The van der Waals surface area contributed by atoms with Crippen molar-refractivity contribution in [2.75, 3.05) is 0 Å². The van der Waals surface area contributed by atoms with E-state index < -0.39 is 0 Å². The summed E-state index contributed by atoms with van der Waals surface area (Å²) in [4.78, 5) is 12.8. The number of benzene rings is 2. The molecule has 1 aromatic heterocycles. The van der Waals surface area contributed by atoms with Crippen LogP contribution in [0.3, 0.4) is 0 Å². The van der Waals surface area contributed by atoms with Gasteiger partial charge in [0.2, 0.25) is 0 Å². The highest BCUT2D eigenvalue weighted by molar-refractivity contribution is 7.21. The SMILES string of the molecule is CC(C)c1ccc(-c2c(C(=O)NN)sc3ccccc23)cc1. The summed E-state index contributed by atoms with van der Waals surface area (Å²) in [6.45, 7) is 4.34. The third kappa shape index (κ3) is 2.51. The Kier molecular flexibility index (Phi) is 3.96. The van der Waals surface area contributed by atoms with Crippen LogP contribution in [0.1, 0.15) is 35.0 Å². The summed E-state index contributed by atoms with van der Waals surface area (Å²) in [7, 11) is 0. The van der Waals surface area contributed by atoms with Gasteiger partial charge in [-0.15, -0.1) is 11.3 Å². The predicted molar refractivity (Wildman–Crippen MR) is 93.0 cm³/mol. The molecule has 3 rings (SSSR count). The number of nitrogen functional groups attached to an aromatic ring is 1. The van der Waals surface area contributed by atoms with E-state index in [4.69, 9.17) is 5.84 Å². The Labute approximate surface area is 133 Å². The molecule has 0 unspecified atom stereocenters. The van der Waals surface area contributed by atoms with Gasteiger partial charge in [-0.25, -0.2) is 5.84 Å². The van der Waals surface area contributed by atoms with Crippen LogP contribution in [0.2, 0.25) is 0 Å². The zero-order valence-electron chi connectivity index (χ0n) is 12.6. The van der Waals surface area contributed by atoms with Gasteiger partial charge in [0.15, 0.2) is 0 Å². The van der Waals surface area contributed by atoms with Crippen LogP contribution in [-0.2, 0) is 0 Å². The van der Waals surface area contributed by atoms with E-state index >= 15 is 0 Å². The third-order valence-corrected chi connectivity index (χ3v) is 4.97. The number of thiophene rings is 1. The van der Waals surface area contributed by atoms with E-state index in [1.165, 1.54) is 16.9 Å². The Morgan fingerprint density at radius 2 is 1.77 bits per heavy atom. The standard InChI is InChI=1S/C18H18N2OS/c1-11(2)12-7-9-13(10-8-12)16-14-5-3-4-6-15(14)22-17(16)18(21)20-19/h3-11H,19H2,1-2H3,(H,20,21). The molecule has 0 aliphatic heterocycles. The molecule has 0 spiro atoms. The Bertz CT molecular complexity index is 819. The van der Waals surface area contributed by atoms with E-state index in [2.05, 4.69) is 43.5 Å². The van der Waals surface area contributed by atoms with Crippen molar-refractivity contribution < 1.29 is 4.79 Å². The lowest BCUT2D eigenvalue weighted by Crippen LogP contribution is -2.29. The van der Waals surface area contributed by atoms with E-state index in [-0.39, 0.29) is 5.91 Å². The summed E-state index contributed by atoms with van der Waals surface area (Å²) >= 11 is 1.47. The second-order valence-electron chi connectivity index (χ2n) is 5.55. The van der Waals surface area contributed by atoms with Crippen molar-refractivity contribution >= 4 is 27.3 Å². The van der Waals surface area contributed by atoms with Gasteiger partial charge in [0.25, 0.3) is 5.91 Å². The van der Waals surface area contributed by atoms with E-state index in [1.54, 1.807) is 0 Å². The maximum absolute atomic E-state index is 12.1. The number of nitrogens with one attached hydrogen (secondary N) is 1. The fourth-order valence-corrected chi connectivity index (χ4v) is 3.72. The number of carbonyl (C=O) groups excluding carboxylic acids is 1. The predicted octanol–water partition coefficient (Wildman–Crippen LogP) is 4.30. The number of hydrazine groups is 1. The molecule has 0 aliphatic rings. The number of fused-ring (bicyclic) bond motifs is 1. The normalized spacial score (nSPS) is 11.1. The minimum atomic E-state index is -0.246. The topological polar surface area (TPSA) is 55.1 Å². The van der Waals surface area contributed by atoms with Crippen LogP contribution >= 0.6 is 11.3 Å². The van der Waals surface area contributed by atoms with Crippen molar-refractivity contribution in [1.29, 1.82) is 0 Å². The maximum atomic E-state index is 12.1. The number of carbonyl (C=O) groups is 1. The highest BCUT2D eigenvalue weighted by Gasteiger charge is 2.19. The molecule has 2 aromatic carbocycles. The smallest absolute Gasteiger partial charge is 0.275 e. The average molecular weight is 310 g/mol. The van der Waals surface area contributed by atoms with Gasteiger partial charge < -0.3 is 0 Å². The molecule has 3 aromatic rings. The molecule has 112 valence electrons. The van der Waals surface area contributed by atoms with Gasteiger partial charge in [0.1, 0.15) is 4.88 Å². The van der Waals surface area contributed by atoms with Gasteiger partial charge >= 0.3 is 0 Å². The lowest BCUT2D eigenvalue weighted by molar-refractivity contribution is 0.0958. The van der Waals surface area contributed by atoms with Crippen LogP contribution in [0.4, 0.5) is 0 Å². The van der Waals surface area contributed by atoms with Crippen LogP contribution in [0.25, 0.3) is 21.2 Å². The second kappa shape index (κ2) is 5.91.